The number of nitrogens with zero attached hydrogens (tertiary/aromatic N) is 1. The number of oxime groups is 1. The number of methoxy groups -OCH3 is 1. The molecular weight excluding hydrogens is 225 g/mol. The molecule has 6 heteroatoms. The van der Waals surface area contributed by atoms with E-state index < -0.39 is 0 Å². The molecule has 5 nitrogen and oxygen atoms in total. The summed E-state index contributed by atoms with van der Waals surface area (Å²) in [6.45, 7) is 1.63. The maximum Gasteiger partial charge on any atom is 0.170 e. The summed E-state index contributed by atoms with van der Waals surface area (Å²) >= 11 is 0. The third kappa shape index (κ3) is 4.01. The Morgan fingerprint density at radius 3 is 2.94 bits per heavy atom. The van der Waals surface area contributed by atoms with Gasteiger partial charge in [-0.15, -0.1) is 0 Å². The second kappa shape index (κ2) is 6.82. The van der Waals surface area contributed by atoms with E-state index in [1.165, 1.54) is 6.07 Å². The Hall–Kier alpha value is -1.66. The van der Waals surface area contributed by atoms with Crippen molar-refractivity contribution in [1.82, 2.24) is 5.32 Å². The van der Waals surface area contributed by atoms with Gasteiger partial charge in [0.25, 0.3) is 0 Å². The predicted molar refractivity (Wildman–Crippen MR) is 62.5 cm³/mol. The number of rotatable bonds is 6. The minimum absolute atomic E-state index is 0.109. The van der Waals surface area contributed by atoms with Crippen molar-refractivity contribution in [2.75, 3.05) is 20.3 Å². The van der Waals surface area contributed by atoms with Gasteiger partial charge < -0.3 is 21.0 Å². The summed E-state index contributed by atoms with van der Waals surface area (Å²) in [4.78, 5) is 0. The third-order valence-electron chi connectivity index (χ3n) is 2.25. The van der Waals surface area contributed by atoms with Crippen LogP contribution in [0, 0.1) is 5.82 Å². The Balaban J connectivity index is 2.63. The van der Waals surface area contributed by atoms with Crippen molar-refractivity contribution in [3.8, 4) is 0 Å². The summed E-state index contributed by atoms with van der Waals surface area (Å²) in [5, 5.41) is 14.3. The second-order valence-electron chi connectivity index (χ2n) is 3.46. The van der Waals surface area contributed by atoms with Crippen molar-refractivity contribution in [3.63, 3.8) is 0 Å². The number of halogens is 1. The molecule has 0 amide bonds. The van der Waals surface area contributed by atoms with E-state index in [1.54, 1.807) is 19.2 Å². The molecule has 0 aliphatic rings. The maximum atomic E-state index is 13.6. The van der Waals surface area contributed by atoms with Crippen LogP contribution in [0.1, 0.15) is 11.1 Å². The van der Waals surface area contributed by atoms with Gasteiger partial charge in [-0.05, 0) is 6.07 Å². The first kappa shape index (κ1) is 13.4. The van der Waals surface area contributed by atoms with Crippen molar-refractivity contribution in [3.05, 3.63) is 35.1 Å². The zero-order chi connectivity index (χ0) is 12.7. The van der Waals surface area contributed by atoms with Gasteiger partial charge in [-0.3, -0.25) is 0 Å². The fourth-order valence-electron chi connectivity index (χ4n) is 1.31. The molecule has 0 saturated carbocycles. The largest absolute Gasteiger partial charge is 0.409 e. The molecule has 0 aliphatic heterocycles. The highest BCUT2D eigenvalue weighted by molar-refractivity contribution is 5.97. The molecule has 0 radical (unpaired) electrons. The van der Waals surface area contributed by atoms with Crippen LogP contribution in [-0.4, -0.2) is 31.3 Å². The van der Waals surface area contributed by atoms with Gasteiger partial charge in [0, 0.05) is 31.3 Å². The fourth-order valence-corrected chi connectivity index (χ4v) is 1.31. The van der Waals surface area contributed by atoms with Crippen LogP contribution in [0.4, 0.5) is 4.39 Å². The lowest BCUT2D eigenvalue weighted by molar-refractivity contribution is 0.199. The Morgan fingerprint density at radius 1 is 1.59 bits per heavy atom. The van der Waals surface area contributed by atoms with Gasteiger partial charge in [0.15, 0.2) is 5.84 Å². The molecule has 0 bridgehead atoms. The topological polar surface area (TPSA) is 79.9 Å². The molecule has 0 aromatic heterocycles. The second-order valence-corrected chi connectivity index (χ2v) is 3.46. The zero-order valence-electron chi connectivity index (χ0n) is 9.61. The molecule has 1 aromatic rings. The smallest absolute Gasteiger partial charge is 0.170 e. The van der Waals surface area contributed by atoms with E-state index >= 15 is 0 Å². The van der Waals surface area contributed by atoms with E-state index in [0.717, 1.165) is 0 Å². The van der Waals surface area contributed by atoms with Crippen LogP contribution in [0.2, 0.25) is 0 Å². The number of hydrogen-bond donors (Lipinski definition) is 3. The molecular formula is C11H16FN3O2. The van der Waals surface area contributed by atoms with Crippen molar-refractivity contribution < 1.29 is 14.3 Å². The SMILES string of the molecule is COCCNCc1ccc(C(N)=NO)cc1F. The van der Waals surface area contributed by atoms with Crippen LogP contribution >= 0.6 is 0 Å². The molecule has 4 N–H and O–H groups in total. The Kier molecular flexibility index (Phi) is 5.38. The summed E-state index contributed by atoms with van der Waals surface area (Å²) in [6, 6.07) is 4.44. The molecule has 0 spiro atoms. The summed E-state index contributed by atoms with van der Waals surface area (Å²) in [6.07, 6.45) is 0. The standard InChI is InChI=1S/C11H16FN3O2/c1-17-5-4-14-7-9-3-2-8(6-10(9)12)11(13)15-16/h2-3,6,14,16H,4-5,7H2,1H3,(H2,13,15). The predicted octanol–water partition coefficient (Wildman–Crippen LogP) is 0.656. The zero-order valence-corrected chi connectivity index (χ0v) is 9.61. The normalized spacial score (nSPS) is 11.8. The van der Waals surface area contributed by atoms with Crippen LogP contribution in [-0.2, 0) is 11.3 Å². The maximum absolute atomic E-state index is 13.6. The Morgan fingerprint density at radius 2 is 2.35 bits per heavy atom. The molecule has 17 heavy (non-hydrogen) atoms. The number of nitrogens with one attached hydrogen (secondary N) is 1. The van der Waals surface area contributed by atoms with Crippen LogP contribution in [0.25, 0.3) is 0 Å². The Labute approximate surface area is 99.1 Å². The number of hydrogen-bond acceptors (Lipinski definition) is 4. The minimum Gasteiger partial charge on any atom is -0.409 e. The molecule has 0 aliphatic carbocycles. The molecule has 0 saturated heterocycles. The average molecular weight is 241 g/mol. The van der Waals surface area contributed by atoms with Crippen molar-refractivity contribution in [2.45, 2.75) is 6.54 Å². The fraction of sp³-hybridized carbons (Fsp3) is 0.364. The van der Waals surface area contributed by atoms with Crippen molar-refractivity contribution >= 4 is 5.84 Å². The van der Waals surface area contributed by atoms with Gasteiger partial charge in [0.05, 0.1) is 6.61 Å². The first-order valence-electron chi connectivity index (χ1n) is 5.15. The van der Waals surface area contributed by atoms with Gasteiger partial charge >= 0.3 is 0 Å². The summed E-state index contributed by atoms with van der Waals surface area (Å²) in [5.74, 6) is -0.498. The number of benzene rings is 1. The molecule has 1 rings (SSSR count). The first-order valence-corrected chi connectivity index (χ1v) is 5.15. The molecule has 0 heterocycles. The first-order chi connectivity index (χ1) is 8.19. The van der Waals surface area contributed by atoms with Crippen molar-refractivity contribution in [1.29, 1.82) is 0 Å². The molecule has 0 unspecified atom stereocenters. The molecule has 94 valence electrons. The number of ether oxygens (including phenoxy) is 1. The number of nitrogens with two attached hydrogens (primary N) is 1. The molecule has 0 fully saturated rings. The van der Waals surface area contributed by atoms with Crippen LogP contribution in [0.15, 0.2) is 23.4 Å². The average Bonchev–Trinajstić information content (AvgIpc) is 2.35. The van der Waals surface area contributed by atoms with E-state index in [-0.39, 0.29) is 11.7 Å². The van der Waals surface area contributed by atoms with Gasteiger partial charge in [0.2, 0.25) is 0 Å². The van der Waals surface area contributed by atoms with Gasteiger partial charge in [0.1, 0.15) is 5.82 Å². The van der Waals surface area contributed by atoms with Crippen LogP contribution < -0.4 is 11.1 Å². The quantitative estimate of drug-likeness (QED) is 0.225. The Bertz CT molecular complexity index is 396. The number of amidine groups is 1. The minimum atomic E-state index is -0.390. The van der Waals surface area contributed by atoms with E-state index in [2.05, 4.69) is 10.5 Å². The lowest BCUT2D eigenvalue weighted by atomic mass is 10.1. The van der Waals surface area contributed by atoms with E-state index in [4.69, 9.17) is 15.7 Å². The summed E-state index contributed by atoms with van der Waals surface area (Å²) < 4.78 is 18.5. The highest BCUT2D eigenvalue weighted by Gasteiger charge is 2.05. The molecule has 1 aromatic carbocycles. The highest BCUT2D eigenvalue weighted by atomic mass is 19.1. The van der Waals surface area contributed by atoms with Crippen molar-refractivity contribution in [2.24, 2.45) is 10.9 Å². The van der Waals surface area contributed by atoms with Gasteiger partial charge in [-0.1, -0.05) is 17.3 Å². The molecule has 0 atom stereocenters. The van der Waals surface area contributed by atoms with E-state index in [1.807, 2.05) is 0 Å². The van der Waals surface area contributed by atoms with Gasteiger partial charge in [-0.25, -0.2) is 4.39 Å². The highest BCUT2D eigenvalue weighted by Crippen LogP contribution is 2.10. The van der Waals surface area contributed by atoms with E-state index in [9.17, 15) is 4.39 Å². The van der Waals surface area contributed by atoms with Crippen LogP contribution in [0.5, 0.6) is 0 Å². The van der Waals surface area contributed by atoms with E-state index in [0.29, 0.717) is 30.8 Å². The summed E-state index contributed by atoms with van der Waals surface area (Å²) in [7, 11) is 1.61. The third-order valence-corrected chi connectivity index (χ3v) is 2.25. The lowest BCUT2D eigenvalue weighted by Crippen LogP contribution is -2.19. The van der Waals surface area contributed by atoms with Crippen LogP contribution in [0.3, 0.4) is 0 Å². The summed E-state index contributed by atoms with van der Waals surface area (Å²) in [5.41, 5.74) is 6.23. The monoisotopic (exact) mass is 241 g/mol. The lowest BCUT2D eigenvalue weighted by Gasteiger charge is -2.07. The van der Waals surface area contributed by atoms with Gasteiger partial charge in [-0.2, -0.15) is 0 Å².